The molecule has 0 aromatic heterocycles. The van der Waals surface area contributed by atoms with Gasteiger partial charge >= 0.3 is 0 Å². The zero-order chi connectivity index (χ0) is 17.4. The van der Waals surface area contributed by atoms with E-state index in [4.69, 9.17) is 10.6 Å². The third-order valence-electron chi connectivity index (χ3n) is 5.63. The van der Waals surface area contributed by atoms with E-state index in [1.807, 2.05) is 5.01 Å². The van der Waals surface area contributed by atoms with Gasteiger partial charge in [-0.15, -0.1) is 12.4 Å². The van der Waals surface area contributed by atoms with Crippen LogP contribution in [0.15, 0.2) is 42.5 Å². The van der Waals surface area contributed by atoms with Crippen molar-refractivity contribution in [1.29, 1.82) is 0 Å². The summed E-state index contributed by atoms with van der Waals surface area (Å²) < 4.78 is 6.16. The molecule has 2 aromatic carbocycles. The first-order valence-corrected chi connectivity index (χ1v) is 9.47. The van der Waals surface area contributed by atoms with Crippen LogP contribution in [0.5, 0.6) is 5.75 Å². The average Bonchev–Trinajstić information content (AvgIpc) is 2.96. The van der Waals surface area contributed by atoms with Crippen molar-refractivity contribution in [3.05, 3.63) is 64.7 Å². The predicted molar refractivity (Wildman–Crippen MR) is 109 cm³/mol. The van der Waals surface area contributed by atoms with Crippen LogP contribution in [0.25, 0.3) is 0 Å². The molecule has 2 aliphatic rings. The number of benzene rings is 2. The molecular formula is C22H29ClN2O. The van der Waals surface area contributed by atoms with Crippen molar-refractivity contribution in [2.45, 2.75) is 51.7 Å². The van der Waals surface area contributed by atoms with E-state index in [-0.39, 0.29) is 24.6 Å². The molecule has 3 atom stereocenters. The summed E-state index contributed by atoms with van der Waals surface area (Å²) in [4.78, 5) is 0. The lowest BCUT2D eigenvalue weighted by molar-refractivity contribution is 0.0921. The SMILES string of the molecule is Cc1cc2c(c(C[C@@H]3CCCN(N)[C@@H]3c3ccccc3)c1)OC(C)C2.Cl. The maximum absolute atomic E-state index is 6.42. The van der Waals surface area contributed by atoms with Crippen molar-refractivity contribution in [1.82, 2.24) is 5.01 Å². The highest BCUT2D eigenvalue weighted by atomic mass is 35.5. The molecule has 0 bridgehead atoms. The number of nitrogens with zero attached hydrogens (tertiary/aromatic N) is 1. The molecule has 2 aromatic rings. The van der Waals surface area contributed by atoms with Crippen molar-refractivity contribution in [3.8, 4) is 5.75 Å². The first-order valence-electron chi connectivity index (χ1n) is 9.47. The highest BCUT2D eigenvalue weighted by Crippen LogP contribution is 2.40. The normalized spacial score (nSPS) is 25.3. The summed E-state index contributed by atoms with van der Waals surface area (Å²) in [7, 11) is 0. The number of ether oxygens (including phenoxy) is 1. The number of rotatable bonds is 3. The maximum Gasteiger partial charge on any atom is 0.126 e. The fraction of sp³-hybridized carbons (Fsp3) is 0.455. The minimum absolute atomic E-state index is 0. The van der Waals surface area contributed by atoms with E-state index in [0.717, 1.165) is 31.6 Å². The number of hydrazine groups is 1. The summed E-state index contributed by atoms with van der Waals surface area (Å²) in [5.74, 6) is 8.08. The van der Waals surface area contributed by atoms with Gasteiger partial charge in [0.05, 0.1) is 6.04 Å². The molecule has 140 valence electrons. The van der Waals surface area contributed by atoms with Gasteiger partial charge in [0.1, 0.15) is 11.9 Å². The van der Waals surface area contributed by atoms with E-state index in [2.05, 4.69) is 56.3 Å². The minimum Gasteiger partial charge on any atom is -0.490 e. The zero-order valence-electron chi connectivity index (χ0n) is 15.7. The summed E-state index contributed by atoms with van der Waals surface area (Å²) in [5, 5.41) is 2.04. The summed E-state index contributed by atoms with van der Waals surface area (Å²) in [6.07, 6.45) is 4.73. The van der Waals surface area contributed by atoms with E-state index in [1.165, 1.54) is 28.7 Å². The molecule has 0 aliphatic carbocycles. The second-order valence-electron chi connectivity index (χ2n) is 7.74. The van der Waals surface area contributed by atoms with E-state index >= 15 is 0 Å². The van der Waals surface area contributed by atoms with Gasteiger partial charge in [0.2, 0.25) is 0 Å². The summed E-state index contributed by atoms with van der Waals surface area (Å²) in [6, 6.07) is 15.6. The van der Waals surface area contributed by atoms with Crippen LogP contribution in [-0.4, -0.2) is 17.7 Å². The molecule has 1 unspecified atom stereocenters. The highest BCUT2D eigenvalue weighted by molar-refractivity contribution is 5.85. The lowest BCUT2D eigenvalue weighted by Crippen LogP contribution is -2.44. The Morgan fingerprint density at radius 1 is 1.19 bits per heavy atom. The summed E-state index contributed by atoms with van der Waals surface area (Å²) in [6.45, 7) is 5.32. The van der Waals surface area contributed by atoms with Crippen molar-refractivity contribution in [2.75, 3.05) is 6.54 Å². The van der Waals surface area contributed by atoms with Crippen LogP contribution in [0.4, 0.5) is 0 Å². The van der Waals surface area contributed by atoms with Gasteiger partial charge in [-0.25, -0.2) is 5.01 Å². The Hall–Kier alpha value is -1.55. The molecule has 0 spiro atoms. The molecule has 2 N–H and O–H groups in total. The monoisotopic (exact) mass is 372 g/mol. The smallest absolute Gasteiger partial charge is 0.126 e. The molecular weight excluding hydrogens is 344 g/mol. The summed E-state index contributed by atoms with van der Waals surface area (Å²) >= 11 is 0. The Bertz CT molecular complexity index is 749. The second-order valence-corrected chi connectivity index (χ2v) is 7.74. The molecule has 0 saturated carbocycles. The fourth-order valence-electron chi connectivity index (χ4n) is 4.65. The van der Waals surface area contributed by atoms with E-state index < -0.39 is 0 Å². The Labute approximate surface area is 162 Å². The van der Waals surface area contributed by atoms with E-state index in [1.54, 1.807) is 0 Å². The number of hydrogen-bond donors (Lipinski definition) is 1. The largest absolute Gasteiger partial charge is 0.490 e. The van der Waals surface area contributed by atoms with Gasteiger partial charge in [-0.05, 0) is 55.7 Å². The van der Waals surface area contributed by atoms with Gasteiger partial charge in [-0.1, -0.05) is 48.0 Å². The van der Waals surface area contributed by atoms with Crippen molar-refractivity contribution < 1.29 is 4.74 Å². The maximum atomic E-state index is 6.42. The molecule has 2 heterocycles. The van der Waals surface area contributed by atoms with Gasteiger partial charge in [0.15, 0.2) is 0 Å². The van der Waals surface area contributed by atoms with Crippen LogP contribution in [0.2, 0.25) is 0 Å². The Morgan fingerprint density at radius 3 is 2.73 bits per heavy atom. The van der Waals surface area contributed by atoms with Gasteiger partial charge in [0, 0.05) is 13.0 Å². The quantitative estimate of drug-likeness (QED) is 0.799. The van der Waals surface area contributed by atoms with Crippen LogP contribution in [-0.2, 0) is 12.8 Å². The highest BCUT2D eigenvalue weighted by Gasteiger charge is 2.33. The Balaban J connectivity index is 0.00000196. The summed E-state index contributed by atoms with van der Waals surface area (Å²) in [5.41, 5.74) is 5.40. The molecule has 0 radical (unpaired) electrons. The number of nitrogens with two attached hydrogens (primary N) is 1. The van der Waals surface area contributed by atoms with E-state index in [9.17, 15) is 0 Å². The molecule has 2 aliphatic heterocycles. The molecule has 3 nitrogen and oxygen atoms in total. The van der Waals surface area contributed by atoms with Crippen LogP contribution in [0, 0.1) is 12.8 Å². The minimum atomic E-state index is 0. The second kappa shape index (κ2) is 7.99. The van der Waals surface area contributed by atoms with Gasteiger partial charge < -0.3 is 4.74 Å². The molecule has 4 rings (SSSR count). The van der Waals surface area contributed by atoms with Crippen molar-refractivity contribution in [2.24, 2.45) is 11.8 Å². The van der Waals surface area contributed by atoms with E-state index in [0.29, 0.717) is 5.92 Å². The Morgan fingerprint density at radius 2 is 1.96 bits per heavy atom. The third kappa shape index (κ3) is 3.75. The number of halogens is 1. The lowest BCUT2D eigenvalue weighted by Gasteiger charge is -2.39. The van der Waals surface area contributed by atoms with Crippen LogP contribution < -0.4 is 10.6 Å². The number of aryl methyl sites for hydroxylation is 1. The third-order valence-corrected chi connectivity index (χ3v) is 5.63. The van der Waals surface area contributed by atoms with Crippen LogP contribution >= 0.6 is 12.4 Å². The molecule has 0 amide bonds. The number of fused-ring (bicyclic) bond motifs is 1. The topological polar surface area (TPSA) is 38.5 Å². The predicted octanol–water partition coefficient (Wildman–Crippen LogP) is 4.61. The zero-order valence-corrected chi connectivity index (χ0v) is 16.5. The first-order chi connectivity index (χ1) is 12.1. The Kier molecular flexibility index (Phi) is 5.91. The molecule has 1 fully saturated rings. The van der Waals surface area contributed by atoms with Crippen molar-refractivity contribution in [3.63, 3.8) is 0 Å². The van der Waals surface area contributed by atoms with Crippen LogP contribution in [0.3, 0.4) is 0 Å². The molecule has 4 heteroatoms. The van der Waals surface area contributed by atoms with Gasteiger partial charge in [-0.2, -0.15) is 0 Å². The van der Waals surface area contributed by atoms with Gasteiger partial charge in [0.25, 0.3) is 0 Å². The van der Waals surface area contributed by atoms with Crippen molar-refractivity contribution >= 4 is 12.4 Å². The van der Waals surface area contributed by atoms with Gasteiger partial charge in [-0.3, -0.25) is 5.84 Å². The molecule has 26 heavy (non-hydrogen) atoms. The number of hydrogen-bond acceptors (Lipinski definition) is 3. The first kappa shape index (κ1) is 19.2. The van der Waals surface area contributed by atoms with Crippen LogP contribution in [0.1, 0.15) is 48.1 Å². The fourth-order valence-corrected chi connectivity index (χ4v) is 4.65. The average molecular weight is 373 g/mol. The lowest BCUT2D eigenvalue weighted by atomic mass is 9.81. The number of piperidine rings is 1. The standard InChI is InChI=1S/C22H28N2O.ClH/c1-15-11-19-13-16(2)25-22(19)20(12-15)14-18-9-6-10-24(23)21(18)17-7-4-3-5-8-17;/h3-5,7-8,11-12,16,18,21H,6,9-10,13-14,23H2,1-2H3;1H/t16?,18-,21+;/m0./s1. The molecule has 1 saturated heterocycles.